The molecule has 0 aliphatic heterocycles. The van der Waals surface area contributed by atoms with Gasteiger partial charge < -0.3 is 16.0 Å². The van der Waals surface area contributed by atoms with Crippen molar-refractivity contribution >= 4 is 28.8 Å². The van der Waals surface area contributed by atoms with E-state index < -0.39 is 11.6 Å². The first-order valence-corrected chi connectivity index (χ1v) is 6.62. The Hall–Kier alpha value is -1.76. The fourth-order valence-electron chi connectivity index (χ4n) is 1.79. The van der Waals surface area contributed by atoms with E-state index in [0.717, 1.165) is 12.1 Å². The minimum atomic E-state index is -0.793. The van der Waals surface area contributed by atoms with Crippen LogP contribution in [0.15, 0.2) is 12.1 Å². The van der Waals surface area contributed by atoms with Crippen LogP contribution < -0.4 is 16.0 Å². The topological polar surface area (TPSA) is 58.4 Å². The van der Waals surface area contributed by atoms with E-state index in [1.54, 1.807) is 13.8 Å². The smallest absolute Gasteiger partial charge is 0.239 e. The number of nitrogens with zero attached hydrogens (tertiary/aromatic N) is 1. The number of anilines is 1. The van der Waals surface area contributed by atoms with E-state index in [0.29, 0.717) is 6.54 Å². The minimum Gasteiger partial charge on any atom is -0.389 e. The number of hydrogen-bond acceptors (Lipinski definition) is 3. The van der Waals surface area contributed by atoms with Crippen molar-refractivity contribution in [2.75, 3.05) is 24.5 Å². The fourth-order valence-corrected chi connectivity index (χ4v) is 1.90. The zero-order valence-corrected chi connectivity index (χ0v) is 12.2. The quantitative estimate of drug-likeness (QED) is 0.783. The molecule has 110 valence electrons. The van der Waals surface area contributed by atoms with Crippen LogP contribution in [0.2, 0.25) is 0 Å². The van der Waals surface area contributed by atoms with Gasteiger partial charge in [0.1, 0.15) is 22.3 Å². The number of amides is 1. The summed E-state index contributed by atoms with van der Waals surface area (Å²) >= 11 is 4.69. The number of hydrogen-bond donors (Lipinski definition) is 2. The van der Waals surface area contributed by atoms with Gasteiger partial charge in [-0.2, -0.15) is 0 Å². The third-order valence-electron chi connectivity index (χ3n) is 2.71. The summed E-state index contributed by atoms with van der Waals surface area (Å²) in [5.41, 5.74) is 5.22. The van der Waals surface area contributed by atoms with Gasteiger partial charge in [0.05, 0.1) is 6.54 Å². The molecule has 0 radical (unpaired) electrons. The highest BCUT2D eigenvalue weighted by molar-refractivity contribution is 7.80. The summed E-state index contributed by atoms with van der Waals surface area (Å²) in [6.45, 7) is 4.11. The van der Waals surface area contributed by atoms with Crippen LogP contribution in [-0.4, -0.2) is 30.5 Å². The Balaban J connectivity index is 3.09. The van der Waals surface area contributed by atoms with Crippen molar-refractivity contribution in [2.24, 2.45) is 5.73 Å². The maximum Gasteiger partial charge on any atom is 0.239 e. The monoisotopic (exact) mass is 301 g/mol. The molecular formula is C13H17F2N3OS. The number of likely N-dealkylation sites (N-methyl/N-ethyl adjacent to an activating group) is 2. The Morgan fingerprint density at radius 2 is 1.90 bits per heavy atom. The van der Waals surface area contributed by atoms with Crippen LogP contribution in [0, 0.1) is 11.6 Å². The highest BCUT2D eigenvalue weighted by Crippen LogP contribution is 2.24. The molecule has 0 saturated carbocycles. The lowest BCUT2D eigenvalue weighted by Gasteiger charge is -2.23. The molecule has 1 aromatic rings. The fraction of sp³-hybridized carbons (Fsp3) is 0.385. The summed E-state index contributed by atoms with van der Waals surface area (Å²) in [5, 5.41) is 2.58. The Bertz CT molecular complexity index is 499. The van der Waals surface area contributed by atoms with Crippen LogP contribution in [0.25, 0.3) is 0 Å². The number of carbonyl (C=O) groups is 1. The number of halogens is 2. The van der Waals surface area contributed by atoms with Crippen LogP contribution in [0.5, 0.6) is 0 Å². The molecule has 0 spiro atoms. The SMILES string of the molecule is CCNC(=O)CN(CC)c1c(F)cc(C(N)=S)cc1F. The van der Waals surface area contributed by atoms with E-state index in [1.807, 2.05) is 0 Å². The number of carbonyl (C=O) groups excluding carboxylic acids is 1. The van der Waals surface area contributed by atoms with E-state index in [4.69, 9.17) is 5.73 Å². The number of benzene rings is 1. The van der Waals surface area contributed by atoms with Crippen LogP contribution in [0.4, 0.5) is 14.5 Å². The Morgan fingerprint density at radius 3 is 2.30 bits per heavy atom. The number of nitrogens with one attached hydrogen (secondary N) is 1. The van der Waals surface area contributed by atoms with E-state index in [9.17, 15) is 13.6 Å². The van der Waals surface area contributed by atoms with Gasteiger partial charge >= 0.3 is 0 Å². The van der Waals surface area contributed by atoms with E-state index in [1.165, 1.54) is 4.90 Å². The summed E-state index contributed by atoms with van der Waals surface area (Å²) < 4.78 is 28.0. The van der Waals surface area contributed by atoms with Gasteiger partial charge in [-0.1, -0.05) is 12.2 Å². The van der Waals surface area contributed by atoms with Gasteiger partial charge in [0.15, 0.2) is 0 Å². The Kier molecular flexibility index (Phi) is 5.82. The highest BCUT2D eigenvalue weighted by Gasteiger charge is 2.19. The third-order valence-corrected chi connectivity index (χ3v) is 2.94. The van der Waals surface area contributed by atoms with Gasteiger partial charge in [-0.15, -0.1) is 0 Å². The molecule has 20 heavy (non-hydrogen) atoms. The van der Waals surface area contributed by atoms with Crippen LogP contribution >= 0.6 is 12.2 Å². The zero-order chi connectivity index (χ0) is 15.3. The van der Waals surface area contributed by atoms with Crippen molar-refractivity contribution in [1.82, 2.24) is 5.32 Å². The third kappa shape index (κ3) is 3.86. The molecule has 0 heterocycles. The highest BCUT2D eigenvalue weighted by atomic mass is 32.1. The molecule has 0 aliphatic rings. The summed E-state index contributed by atoms with van der Waals surface area (Å²) in [4.78, 5) is 12.8. The molecule has 7 heteroatoms. The van der Waals surface area contributed by atoms with Gasteiger partial charge in [0.25, 0.3) is 0 Å². The van der Waals surface area contributed by atoms with E-state index in [-0.39, 0.29) is 35.2 Å². The second-order valence-electron chi connectivity index (χ2n) is 4.12. The standard InChI is InChI=1S/C13H17F2N3OS/c1-3-17-11(19)7-18(4-2)12-9(14)5-8(13(16)20)6-10(12)15/h5-6H,3-4,7H2,1-2H3,(H2,16,20)(H,17,19). The number of nitrogens with two attached hydrogens (primary N) is 1. The maximum atomic E-state index is 14.0. The molecule has 1 aromatic carbocycles. The largest absolute Gasteiger partial charge is 0.389 e. The van der Waals surface area contributed by atoms with Crippen molar-refractivity contribution in [2.45, 2.75) is 13.8 Å². The molecule has 1 rings (SSSR count). The van der Waals surface area contributed by atoms with Crippen molar-refractivity contribution in [1.29, 1.82) is 0 Å². The maximum absolute atomic E-state index is 14.0. The van der Waals surface area contributed by atoms with Gasteiger partial charge in [-0.3, -0.25) is 4.79 Å². The van der Waals surface area contributed by atoms with Crippen LogP contribution in [0.1, 0.15) is 19.4 Å². The van der Waals surface area contributed by atoms with Crippen LogP contribution in [0.3, 0.4) is 0 Å². The van der Waals surface area contributed by atoms with Gasteiger partial charge in [0, 0.05) is 18.7 Å². The van der Waals surface area contributed by atoms with Crippen LogP contribution in [-0.2, 0) is 4.79 Å². The molecule has 0 fully saturated rings. The molecular weight excluding hydrogens is 284 g/mol. The predicted molar refractivity (Wildman–Crippen MR) is 78.8 cm³/mol. The second kappa shape index (κ2) is 7.14. The zero-order valence-electron chi connectivity index (χ0n) is 11.4. The molecule has 3 N–H and O–H groups in total. The Morgan fingerprint density at radius 1 is 1.35 bits per heavy atom. The molecule has 0 aromatic heterocycles. The summed E-state index contributed by atoms with van der Waals surface area (Å²) in [6, 6.07) is 2.14. The normalized spacial score (nSPS) is 10.2. The van der Waals surface area contributed by atoms with Crippen molar-refractivity contribution < 1.29 is 13.6 Å². The van der Waals surface area contributed by atoms with Gasteiger partial charge in [0.2, 0.25) is 5.91 Å². The summed E-state index contributed by atoms with van der Waals surface area (Å²) in [7, 11) is 0. The average molecular weight is 301 g/mol. The predicted octanol–water partition coefficient (Wildman–Crippen LogP) is 1.56. The first-order chi connectivity index (χ1) is 9.40. The minimum absolute atomic E-state index is 0.0823. The molecule has 0 atom stereocenters. The molecule has 1 amide bonds. The lowest BCUT2D eigenvalue weighted by molar-refractivity contribution is -0.119. The molecule has 4 nitrogen and oxygen atoms in total. The lowest BCUT2D eigenvalue weighted by Crippen LogP contribution is -2.38. The van der Waals surface area contributed by atoms with E-state index in [2.05, 4.69) is 17.5 Å². The first kappa shape index (κ1) is 16.3. The van der Waals surface area contributed by atoms with Gasteiger partial charge in [-0.25, -0.2) is 8.78 Å². The summed E-state index contributed by atoms with van der Waals surface area (Å²) in [6.07, 6.45) is 0. The first-order valence-electron chi connectivity index (χ1n) is 6.21. The molecule has 0 unspecified atom stereocenters. The second-order valence-corrected chi connectivity index (χ2v) is 4.56. The average Bonchev–Trinajstić information content (AvgIpc) is 2.36. The Labute approximate surface area is 121 Å². The van der Waals surface area contributed by atoms with E-state index >= 15 is 0 Å². The summed E-state index contributed by atoms with van der Waals surface area (Å²) in [5.74, 6) is -1.88. The lowest BCUT2D eigenvalue weighted by atomic mass is 10.1. The molecule has 0 saturated heterocycles. The van der Waals surface area contributed by atoms with Crippen molar-refractivity contribution in [3.8, 4) is 0 Å². The molecule has 0 bridgehead atoms. The van der Waals surface area contributed by atoms with Crippen molar-refractivity contribution in [3.05, 3.63) is 29.3 Å². The van der Waals surface area contributed by atoms with Crippen molar-refractivity contribution in [3.63, 3.8) is 0 Å². The number of thiocarbonyl (C=S) groups is 1. The molecule has 0 aliphatic carbocycles. The number of rotatable bonds is 6. The van der Waals surface area contributed by atoms with Gasteiger partial charge in [-0.05, 0) is 26.0 Å².